The second-order valence-corrected chi connectivity index (χ2v) is 31.8. The number of nitrogens with one attached hydrogen (secondary N) is 8. The van der Waals surface area contributed by atoms with E-state index < -0.39 is 68.6 Å². The first kappa shape index (κ1) is 83.3. The summed E-state index contributed by atoms with van der Waals surface area (Å²) in [5.74, 6) is -0.108. The molecule has 0 unspecified atom stereocenters. The first-order valence-electron chi connectivity index (χ1n) is 40.1. The molecule has 0 saturated heterocycles. The molecule has 0 amide bonds. The fourth-order valence-corrected chi connectivity index (χ4v) is 18.0. The van der Waals surface area contributed by atoms with Gasteiger partial charge in [0, 0.05) is 70.7 Å². The van der Waals surface area contributed by atoms with E-state index in [0.29, 0.717) is 81.4 Å². The first-order valence-corrected chi connectivity index (χ1v) is 40.5. The van der Waals surface area contributed by atoms with E-state index in [1.165, 1.54) is 58.1 Å². The zero-order valence-corrected chi connectivity index (χ0v) is 65.6. The number of halogens is 7. The summed E-state index contributed by atoms with van der Waals surface area (Å²) in [6, 6.07) is 63.1. The molecule has 8 aromatic carbocycles. The van der Waals surface area contributed by atoms with Crippen LogP contribution in [0.3, 0.4) is 0 Å². The summed E-state index contributed by atoms with van der Waals surface area (Å²) in [6.45, 7) is 2.05. The topological polar surface area (TPSA) is 263 Å². The van der Waals surface area contributed by atoms with Crippen LogP contribution in [-0.4, -0.2) is 39.9 Å². The van der Waals surface area contributed by atoms with E-state index in [2.05, 4.69) is 119 Å². The van der Waals surface area contributed by atoms with Crippen molar-refractivity contribution in [3.8, 4) is 0 Å². The molecule has 117 heavy (non-hydrogen) atoms. The van der Waals surface area contributed by atoms with Crippen LogP contribution < -0.4 is 45.0 Å². The third-order valence-electron chi connectivity index (χ3n) is 23.8. The highest BCUT2D eigenvalue weighted by molar-refractivity contribution is 6.30. The number of H-pyrrole nitrogens is 8. The molecule has 12 aromatic rings. The normalized spacial score (nSPS) is 19.3. The fraction of sp³-hybridized carbons (Fsp3) is 0.319. The van der Waals surface area contributed by atoms with Crippen LogP contribution >= 0.6 is 11.6 Å². The average Bonchev–Trinajstić information content (AvgIpc) is 0.805. The number of rotatable bonds is 16. The zero-order valence-electron chi connectivity index (χ0n) is 64.8. The van der Waals surface area contributed by atoms with Crippen LogP contribution in [-0.2, 0) is 31.9 Å². The number of alkyl halides is 3. The van der Waals surface area contributed by atoms with Crippen LogP contribution in [0.1, 0.15) is 251 Å². The van der Waals surface area contributed by atoms with Crippen molar-refractivity contribution in [3.63, 3.8) is 0 Å². The molecule has 4 aliphatic rings. The predicted molar refractivity (Wildman–Crippen MR) is 444 cm³/mol. The largest absolute Gasteiger partial charge is 0.416 e. The minimum absolute atomic E-state index is 0.00392. The highest BCUT2D eigenvalue weighted by Gasteiger charge is 2.34. The molecular formula is C94H93ClF6N8O8. The molecule has 4 aromatic heterocycles. The van der Waals surface area contributed by atoms with Gasteiger partial charge in [0.05, 0.1) is 10.6 Å². The van der Waals surface area contributed by atoms with Crippen LogP contribution in [0.2, 0.25) is 5.02 Å². The van der Waals surface area contributed by atoms with E-state index in [9.17, 15) is 64.7 Å². The molecule has 0 atom stereocenters. The van der Waals surface area contributed by atoms with Crippen molar-refractivity contribution < 1.29 is 26.3 Å². The highest BCUT2D eigenvalue weighted by Crippen LogP contribution is 2.45. The van der Waals surface area contributed by atoms with Crippen LogP contribution in [0.5, 0.6) is 0 Å². The molecular weight excluding hydrogens is 1520 g/mol. The lowest BCUT2D eigenvalue weighted by molar-refractivity contribution is -0.137. The molecule has 4 heterocycles. The number of hydrogen-bond donors (Lipinski definition) is 8. The van der Waals surface area contributed by atoms with Gasteiger partial charge in [0.1, 0.15) is 5.82 Å². The number of aromatic nitrogens is 8. The molecule has 8 N–H and O–H groups in total. The Balaban J connectivity index is 0.000000136. The first-order chi connectivity index (χ1) is 56.4. The molecule has 606 valence electrons. The lowest BCUT2D eigenvalue weighted by Gasteiger charge is -2.29. The summed E-state index contributed by atoms with van der Waals surface area (Å²) < 4.78 is 80.4. The lowest BCUT2D eigenvalue weighted by Crippen LogP contribution is -2.30. The fourth-order valence-electron chi connectivity index (χ4n) is 17.8. The number of benzene rings is 8. The van der Waals surface area contributed by atoms with Gasteiger partial charge in [-0.05, 0) is 226 Å². The molecule has 0 bridgehead atoms. The second-order valence-electron chi connectivity index (χ2n) is 31.4. The maximum Gasteiger partial charge on any atom is 0.416 e. The van der Waals surface area contributed by atoms with Crippen molar-refractivity contribution >= 4 is 11.6 Å². The van der Waals surface area contributed by atoms with Crippen LogP contribution in [0.4, 0.5) is 26.3 Å². The SMILES string of the molecule is Cc1cccc(Cc2c(C3CCC(c4ccccc4)CC3)[nH]c(=O)[nH]c2=O)c1.O=c1[nH]c(C2CCC(c3ccccc3)CC2)c(Cc2ccc(F)c(Cl)c2)c(=O)[nH]1.O=c1[nH]c(C2CCC(c3ccccc3)CC2)c(Cc2cccc(C(F)(F)F)c2)c(=O)[nH]1.O=c1[nH]c(C2CCC(c3ccccc3)CC2)c(Cc2cccc(F)c2F)c(=O)[nH]1. The Labute approximate surface area is 675 Å². The Morgan fingerprint density at radius 1 is 0.308 bits per heavy atom. The van der Waals surface area contributed by atoms with E-state index >= 15 is 0 Å². The molecule has 16 nitrogen and oxygen atoms in total. The quantitative estimate of drug-likeness (QED) is 0.0430. The minimum atomic E-state index is -4.45. The summed E-state index contributed by atoms with van der Waals surface area (Å²) in [4.78, 5) is 119. The molecule has 4 aliphatic carbocycles. The number of hydrogen-bond acceptors (Lipinski definition) is 8. The smallest absolute Gasteiger partial charge is 0.311 e. The Morgan fingerprint density at radius 2 is 0.607 bits per heavy atom. The molecule has 4 fully saturated rings. The van der Waals surface area contributed by atoms with Crippen molar-refractivity contribution in [1.82, 2.24) is 39.9 Å². The monoisotopic (exact) mass is 1610 g/mol. The van der Waals surface area contributed by atoms with Crippen LogP contribution in [0.25, 0.3) is 0 Å². The summed E-state index contributed by atoms with van der Waals surface area (Å²) in [5.41, 5.74) is 8.74. The van der Waals surface area contributed by atoms with Crippen molar-refractivity contribution in [2.24, 2.45) is 0 Å². The summed E-state index contributed by atoms with van der Waals surface area (Å²) in [7, 11) is 0. The Morgan fingerprint density at radius 3 is 0.932 bits per heavy atom. The molecule has 0 spiro atoms. The van der Waals surface area contributed by atoms with E-state index in [1.54, 1.807) is 12.1 Å². The third-order valence-corrected chi connectivity index (χ3v) is 24.1. The van der Waals surface area contributed by atoms with Gasteiger partial charge in [0.15, 0.2) is 11.6 Å². The van der Waals surface area contributed by atoms with Gasteiger partial charge in [0.2, 0.25) is 0 Å². The minimum Gasteiger partial charge on any atom is -0.311 e. The average molecular weight is 1610 g/mol. The lowest BCUT2D eigenvalue weighted by atomic mass is 9.76. The standard InChI is InChI=1S/C24H23F3N2O2.C24H26N2O2.C23H22ClFN2O2.C23H22F2N2O2/c25-24(26,27)19-8-4-5-15(13-19)14-20-21(28-23(31)29-22(20)30)18-11-9-17(10-12-18)16-6-2-1-3-7-16;1-16-6-5-7-17(14-16)15-21-22(25-24(28)26-23(21)27)20-12-10-19(11-13-20)18-8-3-2-4-9-18;24-19-13-14(6-11-20(19)25)12-18-21(26-23(29)27-22(18)28)17-9-7-16(8-10-17)15-4-2-1-3-5-15;24-19-8-4-7-17(20(19)25)13-18-21(26-23(29)27-22(18)28)16-11-9-15(10-12-16)14-5-2-1-3-6-14/h1-8,13,17-18H,9-12,14H2,(H2,28,29,30,31);2-9,14,19-20H,10-13,15H2,1H3,(H2,25,26,27,28);1-6,11,13,16-17H,7-10,12H2,(H2,26,27,28,29);1-8,15-16H,9-13H2,(H2,26,27,28,29). The predicted octanol–water partition coefficient (Wildman–Crippen LogP) is 18.8. The summed E-state index contributed by atoms with van der Waals surface area (Å²) in [6.07, 6.45) is 11.2. The van der Waals surface area contributed by atoms with E-state index in [1.807, 2.05) is 73.7 Å². The summed E-state index contributed by atoms with van der Waals surface area (Å²) in [5, 5.41) is 0.0215. The molecule has 0 aliphatic heterocycles. The Kier molecular flexibility index (Phi) is 27.3. The third kappa shape index (κ3) is 21.5. The van der Waals surface area contributed by atoms with Gasteiger partial charge in [0.25, 0.3) is 22.2 Å². The van der Waals surface area contributed by atoms with Crippen LogP contribution in [0, 0.1) is 24.4 Å². The van der Waals surface area contributed by atoms with Gasteiger partial charge in [-0.3, -0.25) is 39.1 Å². The van der Waals surface area contributed by atoms with Gasteiger partial charge in [-0.2, -0.15) is 13.2 Å². The van der Waals surface area contributed by atoms with Crippen molar-refractivity contribution in [2.45, 2.75) is 189 Å². The van der Waals surface area contributed by atoms with Gasteiger partial charge in [-0.15, -0.1) is 0 Å². The molecule has 23 heteroatoms. The maximum absolute atomic E-state index is 14.2. The van der Waals surface area contributed by atoms with Gasteiger partial charge >= 0.3 is 28.9 Å². The van der Waals surface area contributed by atoms with E-state index in [-0.39, 0.29) is 52.7 Å². The zero-order chi connectivity index (χ0) is 82.3. The summed E-state index contributed by atoms with van der Waals surface area (Å²) >= 11 is 5.89. The molecule has 0 radical (unpaired) electrons. The van der Waals surface area contributed by atoms with Crippen molar-refractivity contribution in [3.05, 3.63) is 413 Å². The highest BCUT2D eigenvalue weighted by atomic mass is 35.5. The van der Waals surface area contributed by atoms with Gasteiger partial charge < -0.3 is 19.9 Å². The van der Waals surface area contributed by atoms with Crippen molar-refractivity contribution in [2.75, 3.05) is 0 Å². The number of aromatic amines is 8. The van der Waals surface area contributed by atoms with Crippen molar-refractivity contribution in [1.29, 1.82) is 0 Å². The molecule has 4 saturated carbocycles. The number of aryl methyl sites for hydroxylation is 1. The van der Waals surface area contributed by atoms with Gasteiger partial charge in [-0.25, -0.2) is 32.3 Å². The Bertz CT molecular complexity index is 5890. The van der Waals surface area contributed by atoms with E-state index in [4.69, 9.17) is 11.6 Å². The van der Waals surface area contributed by atoms with Gasteiger partial charge in [-0.1, -0.05) is 199 Å². The Hall–Kier alpha value is -11.7. The van der Waals surface area contributed by atoms with E-state index in [0.717, 1.165) is 138 Å². The molecule has 16 rings (SSSR count). The second kappa shape index (κ2) is 38.4. The maximum atomic E-state index is 14.2. The van der Waals surface area contributed by atoms with Crippen LogP contribution in [0.15, 0.2) is 245 Å².